The van der Waals surface area contributed by atoms with Crippen LogP contribution in [-0.2, 0) is 10.0 Å². The molecular weight excluding hydrogens is 428 g/mol. The van der Waals surface area contributed by atoms with Crippen molar-refractivity contribution in [2.45, 2.75) is 24.8 Å². The lowest BCUT2D eigenvalue weighted by Gasteiger charge is -2.17. The van der Waals surface area contributed by atoms with Gasteiger partial charge in [0.25, 0.3) is 15.9 Å². The van der Waals surface area contributed by atoms with E-state index in [9.17, 15) is 13.2 Å². The summed E-state index contributed by atoms with van der Waals surface area (Å²) in [5.41, 5.74) is 2.44. The van der Waals surface area contributed by atoms with Gasteiger partial charge in [-0.2, -0.15) is 0 Å². The van der Waals surface area contributed by atoms with E-state index in [1.807, 2.05) is 19.9 Å². The molecule has 7 nitrogen and oxygen atoms in total. The molecule has 0 saturated heterocycles. The molecule has 0 aliphatic carbocycles. The van der Waals surface area contributed by atoms with Gasteiger partial charge in [-0.1, -0.05) is 29.8 Å². The molecule has 0 spiro atoms. The number of hydrogen-bond acceptors (Lipinski definition) is 5. The molecule has 2 N–H and O–H groups in total. The van der Waals surface area contributed by atoms with Gasteiger partial charge >= 0.3 is 0 Å². The molecular formula is C24H26N2O5S. The maximum atomic E-state index is 12.8. The van der Waals surface area contributed by atoms with Crippen LogP contribution in [0.3, 0.4) is 0 Å². The second-order valence-electron chi connectivity index (χ2n) is 7.31. The van der Waals surface area contributed by atoms with Crippen LogP contribution >= 0.6 is 0 Å². The number of rotatable bonds is 8. The maximum Gasteiger partial charge on any atom is 0.261 e. The zero-order valence-corrected chi connectivity index (χ0v) is 19.2. The largest absolute Gasteiger partial charge is 0.493 e. The number of hydrogen-bond donors (Lipinski definition) is 2. The van der Waals surface area contributed by atoms with Gasteiger partial charge in [-0.25, -0.2) is 8.42 Å². The molecule has 0 aliphatic heterocycles. The van der Waals surface area contributed by atoms with Crippen LogP contribution < -0.4 is 19.5 Å². The smallest absolute Gasteiger partial charge is 0.261 e. The number of sulfonamides is 1. The van der Waals surface area contributed by atoms with E-state index >= 15 is 0 Å². The molecule has 0 radical (unpaired) electrons. The normalized spacial score (nSPS) is 12.0. The summed E-state index contributed by atoms with van der Waals surface area (Å²) in [6.45, 7) is 3.73. The summed E-state index contributed by atoms with van der Waals surface area (Å²) < 4.78 is 38.4. The first-order chi connectivity index (χ1) is 15.2. The Hall–Kier alpha value is -3.52. The highest BCUT2D eigenvalue weighted by Gasteiger charge is 2.17. The Labute approximate surface area is 188 Å². The second kappa shape index (κ2) is 9.74. The van der Waals surface area contributed by atoms with Gasteiger partial charge in [-0.15, -0.1) is 0 Å². The van der Waals surface area contributed by atoms with Gasteiger partial charge in [-0.05, 0) is 61.9 Å². The number of ether oxygens (including phenoxy) is 2. The van der Waals surface area contributed by atoms with Crippen molar-refractivity contribution in [3.63, 3.8) is 0 Å². The summed E-state index contributed by atoms with van der Waals surface area (Å²) in [6.07, 6.45) is 0. The maximum absolute atomic E-state index is 12.8. The molecule has 0 heterocycles. The topological polar surface area (TPSA) is 93.7 Å². The Kier molecular flexibility index (Phi) is 7.05. The Bertz CT molecular complexity index is 1210. The molecule has 1 atom stereocenters. The molecule has 3 aromatic carbocycles. The third-order valence-electron chi connectivity index (χ3n) is 4.96. The van der Waals surface area contributed by atoms with Gasteiger partial charge in [0.05, 0.1) is 25.2 Å². The summed E-state index contributed by atoms with van der Waals surface area (Å²) in [5, 5.41) is 2.92. The van der Waals surface area contributed by atoms with E-state index in [-0.39, 0.29) is 16.8 Å². The van der Waals surface area contributed by atoms with Gasteiger partial charge < -0.3 is 14.8 Å². The summed E-state index contributed by atoms with van der Waals surface area (Å²) in [6, 6.07) is 18.0. The number of methoxy groups -OCH3 is 2. The second-order valence-corrected chi connectivity index (χ2v) is 8.99. The number of benzene rings is 3. The van der Waals surface area contributed by atoms with Crippen LogP contribution in [-0.4, -0.2) is 28.5 Å². The van der Waals surface area contributed by atoms with Crippen molar-refractivity contribution in [3.8, 4) is 11.5 Å². The predicted molar refractivity (Wildman–Crippen MR) is 124 cm³/mol. The fourth-order valence-corrected chi connectivity index (χ4v) is 4.19. The highest BCUT2D eigenvalue weighted by Crippen LogP contribution is 2.30. The summed E-state index contributed by atoms with van der Waals surface area (Å²) in [4.78, 5) is 12.9. The monoisotopic (exact) mass is 454 g/mol. The standard InChI is InChI=1S/C24H26N2O5S/c1-16-8-11-21(12-9-16)32(28,29)26-20-7-5-6-19(14-20)24(27)25-17(2)18-10-13-22(30-3)23(15-18)31-4/h5-15,17,26H,1-4H3,(H,25,27)/t17-/m0/s1. The van der Waals surface area contributed by atoms with Crippen LogP contribution in [0.2, 0.25) is 0 Å². The minimum absolute atomic E-state index is 0.153. The number of aryl methyl sites for hydroxylation is 1. The van der Waals surface area contributed by atoms with Crippen molar-refractivity contribution in [2.24, 2.45) is 0 Å². The fraction of sp³-hybridized carbons (Fsp3) is 0.208. The van der Waals surface area contributed by atoms with Crippen molar-refractivity contribution >= 4 is 21.6 Å². The fourth-order valence-electron chi connectivity index (χ4n) is 3.14. The van der Waals surface area contributed by atoms with E-state index in [0.29, 0.717) is 22.7 Å². The highest BCUT2D eigenvalue weighted by molar-refractivity contribution is 7.92. The third kappa shape index (κ3) is 5.39. The van der Waals surface area contributed by atoms with Crippen LogP contribution in [0.4, 0.5) is 5.69 Å². The van der Waals surface area contributed by atoms with Crippen molar-refractivity contribution < 1.29 is 22.7 Å². The molecule has 0 aliphatic rings. The first kappa shape index (κ1) is 23.1. The Morgan fingerprint density at radius 2 is 1.59 bits per heavy atom. The number of carbonyl (C=O) groups excluding carboxylic acids is 1. The van der Waals surface area contributed by atoms with Crippen molar-refractivity contribution in [1.29, 1.82) is 0 Å². The average molecular weight is 455 g/mol. The molecule has 1 amide bonds. The third-order valence-corrected chi connectivity index (χ3v) is 6.36. The molecule has 0 bridgehead atoms. The predicted octanol–water partition coefficient (Wildman–Crippen LogP) is 4.30. The van der Waals surface area contributed by atoms with Crippen LogP contribution in [0.25, 0.3) is 0 Å². The number of carbonyl (C=O) groups is 1. The van der Waals surface area contributed by atoms with Crippen molar-refractivity contribution in [1.82, 2.24) is 5.32 Å². The Balaban J connectivity index is 1.74. The molecule has 3 aromatic rings. The SMILES string of the molecule is COc1ccc([C@H](C)NC(=O)c2cccc(NS(=O)(=O)c3ccc(C)cc3)c2)cc1OC. The van der Waals surface area contributed by atoms with E-state index in [1.165, 1.54) is 6.07 Å². The summed E-state index contributed by atoms with van der Waals surface area (Å²) in [7, 11) is -0.652. The van der Waals surface area contributed by atoms with Crippen molar-refractivity contribution in [3.05, 3.63) is 83.4 Å². The van der Waals surface area contributed by atoms with E-state index in [4.69, 9.17) is 9.47 Å². The van der Waals surface area contributed by atoms with E-state index in [1.54, 1.807) is 68.8 Å². The van der Waals surface area contributed by atoms with Gasteiger partial charge in [0.15, 0.2) is 11.5 Å². The minimum Gasteiger partial charge on any atom is -0.493 e. The number of amides is 1. The first-order valence-electron chi connectivity index (χ1n) is 9.96. The van der Waals surface area contributed by atoms with Crippen LogP contribution in [0, 0.1) is 6.92 Å². The first-order valence-corrected chi connectivity index (χ1v) is 11.4. The van der Waals surface area contributed by atoms with Gasteiger partial charge in [0.1, 0.15) is 0 Å². The van der Waals surface area contributed by atoms with Crippen LogP contribution in [0.1, 0.15) is 34.5 Å². The summed E-state index contributed by atoms with van der Waals surface area (Å²) in [5.74, 6) is 0.839. The molecule has 8 heteroatoms. The molecule has 168 valence electrons. The zero-order chi connectivity index (χ0) is 23.3. The van der Waals surface area contributed by atoms with Crippen LogP contribution in [0.15, 0.2) is 71.6 Å². The highest BCUT2D eigenvalue weighted by atomic mass is 32.2. The minimum atomic E-state index is -3.76. The molecule has 3 rings (SSSR count). The molecule has 0 aromatic heterocycles. The van der Waals surface area contributed by atoms with E-state index in [0.717, 1.165) is 11.1 Å². The Morgan fingerprint density at radius 1 is 0.906 bits per heavy atom. The quantitative estimate of drug-likeness (QED) is 0.529. The lowest BCUT2D eigenvalue weighted by Crippen LogP contribution is -2.26. The molecule has 0 saturated carbocycles. The molecule has 0 fully saturated rings. The van der Waals surface area contributed by atoms with Gasteiger partial charge in [-0.3, -0.25) is 9.52 Å². The average Bonchev–Trinajstić information content (AvgIpc) is 2.78. The van der Waals surface area contributed by atoms with E-state index < -0.39 is 10.0 Å². The number of nitrogens with one attached hydrogen (secondary N) is 2. The lowest BCUT2D eigenvalue weighted by atomic mass is 10.1. The van der Waals surface area contributed by atoms with Gasteiger partial charge in [0, 0.05) is 11.3 Å². The zero-order valence-electron chi connectivity index (χ0n) is 18.4. The molecule has 32 heavy (non-hydrogen) atoms. The van der Waals surface area contributed by atoms with Gasteiger partial charge in [0.2, 0.25) is 0 Å². The van der Waals surface area contributed by atoms with Crippen LogP contribution in [0.5, 0.6) is 11.5 Å². The van der Waals surface area contributed by atoms with E-state index in [2.05, 4.69) is 10.0 Å². The molecule has 0 unspecified atom stereocenters. The lowest BCUT2D eigenvalue weighted by molar-refractivity contribution is 0.0940. The van der Waals surface area contributed by atoms with Crippen molar-refractivity contribution in [2.75, 3.05) is 18.9 Å². The summed E-state index contributed by atoms with van der Waals surface area (Å²) >= 11 is 0. The number of anilines is 1. The Morgan fingerprint density at radius 3 is 2.25 bits per heavy atom.